The second-order valence-corrected chi connectivity index (χ2v) is 6.47. The highest BCUT2D eigenvalue weighted by molar-refractivity contribution is 9.10. The molecule has 0 spiro atoms. The fraction of sp³-hybridized carbons (Fsp3) is 0.316. The van der Waals surface area contributed by atoms with Crippen LogP contribution in [-0.4, -0.2) is 19.0 Å². The monoisotopic (exact) mass is 374 g/mol. The summed E-state index contributed by atoms with van der Waals surface area (Å²) in [6.45, 7) is 7.40. The van der Waals surface area contributed by atoms with E-state index in [1.807, 2.05) is 55.1 Å². The average molecular weight is 375 g/mol. The quantitative estimate of drug-likeness (QED) is 0.777. The highest BCUT2D eigenvalue weighted by Crippen LogP contribution is 2.21. The standard InChI is InChI=1S/C19H23BrN2O/c1-4-22(17-7-5-6-14(2)12-17)19(23)10-11-21-16-9-8-15(3)18(20)13-16/h5-9,12-13,21H,4,10-11H2,1-3H3. The summed E-state index contributed by atoms with van der Waals surface area (Å²) in [5.41, 5.74) is 4.35. The van der Waals surface area contributed by atoms with E-state index in [9.17, 15) is 4.79 Å². The minimum absolute atomic E-state index is 0.136. The molecule has 0 radical (unpaired) electrons. The SMILES string of the molecule is CCN(C(=O)CCNc1ccc(C)c(Br)c1)c1cccc(C)c1. The molecule has 122 valence electrons. The van der Waals surface area contributed by atoms with E-state index in [1.54, 1.807) is 0 Å². The molecule has 2 rings (SSSR count). The molecule has 4 heteroatoms. The van der Waals surface area contributed by atoms with Gasteiger partial charge in [-0.2, -0.15) is 0 Å². The first kappa shape index (κ1) is 17.5. The number of halogens is 1. The third-order valence-corrected chi connectivity index (χ3v) is 4.62. The first-order chi connectivity index (χ1) is 11.0. The van der Waals surface area contributed by atoms with Crippen molar-refractivity contribution >= 4 is 33.2 Å². The van der Waals surface area contributed by atoms with Gasteiger partial charge >= 0.3 is 0 Å². The van der Waals surface area contributed by atoms with Gasteiger partial charge < -0.3 is 10.2 Å². The molecule has 0 aliphatic carbocycles. The molecule has 3 nitrogen and oxygen atoms in total. The number of amides is 1. The van der Waals surface area contributed by atoms with E-state index < -0.39 is 0 Å². The van der Waals surface area contributed by atoms with Crippen LogP contribution in [0.5, 0.6) is 0 Å². The van der Waals surface area contributed by atoms with Crippen molar-refractivity contribution in [2.24, 2.45) is 0 Å². The van der Waals surface area contributed by atoms with Gasteiger partial charge in [-0.1, -0.05) is 34.1 Å². The normalized spacial score (nSPS) is 10.4. The van der Waals surface area contributed by atoms with E-state index in [1.165, 1.54) is 5.56 Å². The number of carbonyl (C=O) groups is 1. The molecule has 0 aromatic heterocycles. The number of nitrogens with zero attached hydrogens (tertiary/aromatic N) is 1. The van der Waals surface area contributed by atoms with Gasteiger partial charge in [0.15, 0.2) is 0 Å². The lowest BCUT2D eigenvalue weighted by atomic mass is 10.2. The first-order valence-electron chi connectivity index (χ1n) is 7.88. The lowest BCUT2D eigenvalue weighted by Crippen LogP contribution is -2.31. The molecule has 23 heavy (non-hydrogen) atoms. The lowest BCUT2D eigenvalue weighted by Gasteiger charge is -2.21. The van der Waals surface area contributed by atoms with Gasteiger partial charge in [-0.25, -0.2) is 0 Å². The summed E-state index contributed by atoms with van der Waals surface area (Å²) >= 11 is 3.52. The van der Waals surface area contributed by atoms with Crippen LogP contribution in [0.25, 0.3) is 0 Å². The Balaban J connectivity index is 1.93. The first-order valence-corrected chi connectivity index (χ1v) is 8.67. The van der Waals surface area contributed by atoms with Crippen LogP contribution >= 0.6 is 15.9 Å². The van der Waals surface area contributed by atoms with Gasteiger partial charge in [0, 0.05) is 35.4 Å². The number of rotatable bonds is 6. The molecule has 0 fully saturated rings. The molecular formula is C19H23BrN2O. The Morgan fingerprint density at radius 3 is 2.61 bits per heavy atom. The third-order valence-electron chi connectivity index (χ3n) is 3.77. The minimum atomic E-state index is 0.136. The Hall–Kier alpha value is -1.81. The Bertz CT molecular complexity index is 685. The fourth-order valence-corrected chi connectivity index (χ4v) is 2.83. The molecular weight excluding hydrogens is 352 g/mol. The second kappa shape index (κ2) is 8.16. The Morgan fingerprint density at radius 2 is 1.96 bits per heavy atom. The maximum atomic E-state index is 12.5. The van der Waals surface area contributed by atoms with Crippen LogP contribution in [0.15, 0.2) is 46.9 Å². The van der Waals surface area contributed by atoms with Gasteiger partial charge in [-0.3, -0.25) is 4.79 Å². The van der Waals surface area contributed by atoms with Crippen molar-refractivity contribution in [1.29, 1.82) is 0 Å². The van der Waals surface area contributed by atoms with Crippen molar-refractivity contribution in [3.63, 3.8) is 0 Å². The molecule has 0 unspecified atom stereocenters. The number of anilines is 2. The molecule has 0 heterocycles. The Kier molecular flexibility index (Phi) is 6.22. The molecule has 0 aliphatic heterocycles. The maximum Gasteiger partial charge on any atom is 0.228 e. The number of carbonyl (C=O) groups excluding carboxylic acids is 1. The zero-order valence-corrected chi connectivity index (χ0v) is 15.5. The van der Waals surface area contributed by atoms with E-state index in [0.717, 1.165) is 21.4 Å². The van der Waals surface area contributed by atoms with Crippen LogP contribution in [0, 0.1) is 13.8 Å². The molecule has 0 bridgehead atoms. The van der Waals surface area contributed by atoms with Crippen LogP contribution < -0.4 is 10.2 Å². The zero-order chi connectivity index (χ0) is 16.8. The summed E-state index contributed by atoms with van der Waals surface area (Å²) in [5.74, 6) is 0.136. The summed E-state index contributed by atoms with van der Waals surface area (Å²) in [6, 6.07) is 14.2. The molecule has 2 aromatic carbocycles. The van der Waals surface area contributed by atoms with Crippen molar-refractivity contribution < 1.29 is 4.79 Å². The van der Waals surface area contributed by atoms with Gasteiger partial charge in [0.05, 0.1) is 0 Å². The number of aryl methyl sites for hydroxylation is 2. The molecule has 1 amide bonds. The van der Waals surface area contributed by atoms with Gasteiger partial charge in [0.2, 0.25) is 5.91 Å². The zero-order valence-electron chi connectivity index (χ0n) is 13.9. The minimum Gasteiger partial charge on any atom is -0.384 e. The van der Waals surface area contributed by atoms with Crippen LogP contribution in [0.1, 0.15) is 24.5 Å². The number of hydrogen-bond donors (Lipinski definition) is 1. The van der Waals surface area contributed by atoms with Crippen LogP contribution in [0.3, 0.4) is 0 Å². The van der Waals surface area contributed by atoms with Crippen molar-refractivity contribution in [3.05, 3.63) is 58.1 Å². The number of benzene rings is 2. The summed E-state index contributed by atoms with van der Waals surface area (Å²) in [5, 5.41) is 3.31. The van der Waals surface area contributed by atoms with Gasteiger partial charge in [-0.15, -0.1) is 0 Å². The molecule has 0 atom stereocenters. The van der Waals surface area contributed by atoms with Crippen molar-refractivity contribution in [2.45, 2.75) is 27.2 Å². The van der Waals surface area contributed by atoms with Gasteiger partial charge in [-0.05, 0) is 56.2 Å². The van der Waals surface area contributed by atoms with E-state index >= 15 is 0 Å². The molecule has 2 aromatic rings. The largest absolute Gasteiger partial charge is 0.384 e. The topological polar surface area (TPSA) is 32.3 Å². The summed E-state index contributed by atoms with van der Waals surface area (Å²) in [6.07, 6.45) is 0.466. The number of hydrogen-bond acceptors (Lipinski definition) is 2. The molecule has 1 N–H and O–H groups in total. The maximum absolute atomic E-state index is 12.5. The van der Waals surface area contributed by atoms with Crippen molar-refractivity contribution in [2.75, 3.05) is 23.3 Å². The fourth-order valence-electron chi connectivity index (χ4n) is 2.45. The average Bonchev–Trinajstić information content (AvgIpc) is 2.52. The summed E-state index contributed by atoms with van der Waals surface area (Å²) in [4.78, 5) is 14.3. The lowest BCUT2D eigenvalue weighted by molar-refractivity contribution is -0.118. The van der Waals surface area contributed by atoms with E-state index in [4.69, 9.17) is 0 Å². The highest BCUT2D eigenvalue weighted by atomic mass is 79.9. The Labute approximate surface area is 146 Å². The van der Waals surface area contributed by atoms with Crippen molar-refractivity contribution in [3.8, 4) is 0 Å². The van der Waals surface area contributed by atoms with Crippen molar-refractivity contribution in [1.82, 2.24) is 0 Å². The molecule has 0 saturated carbocycles. The van der Waals surface area contributed by atoms with Crippen LogP contribution in [-0.2, 0) is 4.79 Å². The predicted molar refractivity (Wildman–Crippen MR) is 101 cm³/mol. The van der Waals surface area contributed by atoms with E-state index in [2.05, 4.69) is 34.2 Å². The predicted octanol–water partition coefficient (Wildman–Crippen LogP) is 4.92. The summed E-state index contributed by atoms with van der Waals surface area (Å²) in [7, 11) is 0. The van der Waals surface area contributed by atoms with Crippen LogP contribution in [0.4, 0.5) is 11.4 Å². The summed E-state index contributed by atoms with van der Waals surface area (Å²) < 4.78 is 1.07. The highest BCUT2D eigenvalue weighted by Gasteiger charge is 2.13. The van der Waals surface area contributed by atoms with E-state index in [-0.39, 0.29) is 5.91 Å². The van der Waals surface area contributed by atoms with Crippen LogP contribution in [0.2, 0.25) is 0 Å². The third kappa shape index (κ3) is 4.83. The van der Waals surface area contributed by atoms with Gasteiger partial charge in [0.1, 0.15) is 0 Å². The van der Waals surface area contributed by atoms with Gasteiger partial charge in [0.25, 0.3) is 0 Å². The molecule has 0 aliphatic rings. The van der Waals surface area contributed by atoms with E-state index in [0.29, 0.717) is 19.5 Å². The Morgan fingerprint density at radius 1 is 1.17 bits per heavy atom. The smallest absolute Gasteiger partial charge is 0.228 e. The molecule has 0 saturated heterocycles. The number of nitrogens with one attached hydrogen (secondary N) is 1. The second-order valence-electron chi connectivity index (χ2n) is 5.62.